The quantitative estimate of drug-likeness (QED) is 0.591. The van der Waals surface area contributed by atoms with Crippen molar-refractivity contribution in [2.75, 3.05) is 5.73 Å². The Morgan fingerprint density at radius 2 is 1.68 bits per heavy atom. The van der Waals surface area contributed by atoms with Gasteiger partial charge in [-0.2, -0.15) is 5.11 Å². The molecular weight excluding hydrogens is 234 g/mol. The second-order valence-electron chi connectivity index (χ2n) is 4.66. The van der Waals surface area contributed by atoms with Gasteiger partial charge in [0.05, 0.1) is 11.4 Å². The van der Waals surface area contributed by atoms with Crippen molar-refractivity contribution in [2.24, 2.45) is 10.2 Å². The van der Waals surface area contributed by atoms with E-state index >= 15 is 0 Å². The van der Waals surface area contributed by atoms with Gasteiger partial charge in [0.25, 0.3) is 0 Å². The number of hydrogen-bond acceptors (Lipinski definition) is 3. The van der Waals surface area contributed by atoms with Crippen LogP contribution in [0.2, 0.25) is 0 Å². The van der Waals surface area contributed by atoms with Crippen molar-refractivity contribution in [3.63, 3.8) is 0 Å². The predicted molar refractivity (Wildman–Crippen MR) is 80.2 cm³/mol. The number of hydrogen-bond donors (Lipinski definition) is 1. The van der Waals surface area contributed by atoms with Crippen LogP contribution in [-0.4, -0.2) is 0 Å². The molecule has 19 heavy (non-hydrogen) atoms. The van der Waals surface area contributed by atoms with E-state index < -0.39 is 0 Å². The van der Waals surface area contributed by atoms with Crippen LogP contribution in [0.15, 0.2) is 58.8 Å². The number of rotatable bonds is 4. The fourth-order valence-corrected chi connectivity index (χ4v) is 1.80. The lowest BCUT2D eigenvalue weighted by molar-refractivity contribution is 0.733. The van der Waals surface area contributed by atoms with Gasteiger partial charge in [-0.25, -0.2) is 0 Å². The van der Waals surface area contributed by atoms with Gasteiger partial charge in [-0.15, -0.1) is 5.11 Å². The molecule has 0 aliphatic carbocycles. The molecule has 0 saturated carbocycles. The van der Waals surface area contributed by atoms with Crippen molar-refractivity contribution < 1.29 is 0 Å². The minimum atomic E-state index is 0.579. The average Bonchev–Trinajstić information content (AvgIpc) is 2.46. The Balaban J connectivity index is 2.14. The highest BCUT2D eigenvalue weighted by Crippen LogP contribution is 2.25. The third-order valence-corrected chi connectivity index (χ3v) is 3.28. The lowest BCUT2D eigenvalue weighted by Crippen LogP contribution is -1.89. The Kier molecular flexibility index (Phi) is 4.29. The molecule has 0 aliphatic heterocycles. The van der Waals surface area contributed by atoms with E-state index in [4.69, 9.17) is 5.73 Å². The molecule has 0 radical (unpaired) electrons. The maximum atomic E-state index is 5.81. The van der Waals surface area contributed by atoms with Gasteiger partial charge in [0, 0.05) is 0 Å². The highest BCUT2D eigenvalue weighted by Gasteiger charge is 2.02. The first-order chi connectivity index (χ1) is 9.20. The van der Waals surface area contributed by atoms with Crippen molar-refractivity contribution >= 4 is 17.1 Å². The zero-order valence-electron chi connectivity index (χ0n) is 11.4. The molecule has 3 heteroatoms. The Labute approximate surface area is 114 Å². The van der Waals surface area contributed by atoms with E-state index in [0.29, 0.717) is 17.3 Å². The molecule has 2 aromatic carbocycles. The molecule has 0 aromatic heterocycles. The maximum absolute atomic E-state index is 5.81. The Morgan fingerprint density at radius 1 is 1.00 bits per heavy atom. The number of nitrogens with two attached hydrogens (primary N) is 1. The summed E-state index contributed by atoms with van der Waals surface area (Å²) in [4.78, 5) is 0. The smallest absolute Gasteiger partial charge is 0.109 e. The standard InChI is InChI=1S/C16H19N3/c1-3-12(2)13-8-10-14(11-9-13)18-19-16-7-5-4-6-15(16)17/h4-12H,3,17H2,1-2H3. The largest absolute Gasteiger partial charge is 0.397 e. The van der Waals surface area contributed by atoms with Crippen LogP contribution in [-0.2, 0) is 0 Å². The summed E-state index contributed by atoms with van der Waals surface area (Å²) in [6.45, 7) is 4.41. The van der Waals surface area contributed by atoms with Crippen molar-refractivity contribution in [3.05, 3.63) is 54.1 Å². The third-order valence-electron chi connectivity index (χ3n) is 3.28. The molecule has 0 fully saturated rings. The van der Waals surface area contributed by atoms with Crippen molar-refractivity contribution in [3.8, 4) is 0 Å². The summed E-state index contributed by atoms with van der Waals surface area (Å²) in [5.74, 6) is 0.579. The zero-order chi connectivity index (χ0) is 13.7. The lowest BCUT2D eigenvalue weighted by Gasteiger charge is -2.08. The maximum Gasteiger partial charge on any atom is 0.109 e. The molecule has 0 bridgehead atoms. The van der Waals surface area contributed by atoms with Gasteiger partial charge in [0.15, 0.2) is 0 Å². The Morgan fingerprint density at radius 3 is 2.32 bits per heavy atom. The second kappa shape index (κ2) is 6.14. The minimum Gasteiger partial charge on any atom is -0.397 e. The van der Waals surface area contributed by atoms with Crippen molar-refractivity contribution in [2.45, 2.75) is 26.2 Å². The second-order valence-corrected chi connectivity index (χ2v) is 4.66. The van der Waals surface area contributed by atoms with E-state index in [0.717, 1.165) is 12.1 Å². The average molecular weight is 253 g/mol. The molecular formula is C16H19N3. The molecule has 2 N–H and O–H groups in total. The molecule has 1 unspecified atom stereocenters. The van der Waals surface area contributed by atoms with Crippen molar-refractivity contribution in [1.29, 1.82) is 0 Å². The van der Waals surface area contributed by atoms with Crippen LogP contribution in [0.4, 0.5) is 17.1 Å². The van der Waals surface area contributed by atoms with Crippen LogP contribution >= 0.6 is 0 Å². The van der Waals surface area contributed by atoms with Crippen LogP contribution in [0.3, 0.4) is 0 Å². The van der Waals surface area contributed by atoms with Gasteiger partial charge in [0.1, 0.15) is 5.69 Å². The highest BCUT2D eigenvalue weighted by molar-refractivity contribution is 5.61. The molecule has 0 spiro atoms. The molecule has 3 nitrogen and oxygen atoms in total. The van der Waals surface area contributed by atoms with E-state index in [1.807, 2.05) is 36.4 Å². The van der Waals surface area contributed by atoms with Gasteiger partial charge in [0.2, 0.25) is 0 Å². The summed E-state index contributed by atoms with van der Waals surface area (Å²) in [6, 6.07) is 15.7. The van der Waals surface area contributed by atoms with E-state index in [9.17, 15) is 0 Å². The first kappa shape index (κ1) is 13.3. The van der Waals surface area contributed by atoms with Gasteiger partial charge in [-0.05, 0) is 42.2 Å². The van der Waals surface area contributed by atoms with E-state index in [2.05, 4.69) is 36.2 Å². The molecule has 98 valence electrons. The Hall–Kier alpha value is -2.16. The van der Waals surface area contributed by atoms with Gasteiger partial charge < -0.3 is 5.73 Å². The summed E-state index contributed by atoms with van der Waals surface area (Å²) in [5, 5.41) is 8.38. The van der Waals surface area contributed by atoms with Gasteiger partial charge in [-0.1, -0.05) is 38.1 Å². The van der Waals surface area contributed by atoms with Gasteiger partial charge in [-0.3, -0.25) is 0 Å². The number of nitrogen functional groups attached to an aromatic ring is 1. The number of anilines is 1. The monoisotopic (exact) mass is 253 g/mol. The van der Waals surface area contributed by atoms with E-state index in [-0.39, 0.29) is 0 Å². The van der Waals surface area contributed by atoms with Gasteiger partial charge >= 0.3 is 0 Å². The first-order valence-corrected chi connectivity index (χ1v) is 6.57. The van der Waals surface area contributed by atoms with Crippen molar-refractivity contribution in [1.82, 2.24) is 0 Å². The van der Waals surface area contributed by atoms with E-state index in [1.54, 1.807) is 0 Å². The number of para-hydroxylation sites is 1. The molecule has 2 aromatic rings. The fraction of sp³-hybridized carbons (Fsp3) is 0.250. The molecule has 1 atom stereocenters. The molecule has 0 saturated heterocycles. The van der Waals surface area contributed by atoms with Crippen LogP contribution < -0.4 is 5.73 Å². The Bertz CT molecular complexity index is 558. The summed E-state index contributed by atoms with van der Waals surface area (Å²) in [7, 11) is 0. The highest BCUT2D eigenvalue weighted by atomic mass is 15.1. The van der Waals surface area contributed by atoms with Crippen LogP contribution in [0.5, 0.6) is 0 Å². The van der Waals surface area contributed by atoms with Crippen LogP contribution in [0.25, 0.3) is 0 Å². The number of azo groups is 1. The normalized spacial score (nSPS) is 12.7. The molecule has 0 heterocycles. The predicted octanol–water partition coefficient (Wildman–Crippen LogP) is 5.20. The summed E-state index contributed by atoms with van der Waals surface area (Å²) < 4.78 is 0. The number of nitrogens with zero attached hydrogens (tertiary/aromatic N) is 2. The molecule has 2 rings (SSSR count). The summed E-state index contributed by atoms with van der Waals surface area (Å²) in [6.07, 6.45) is 1.14. The first-order valence-electron chi connectivity index (χ1n) is 6.57. The topological polar surface area (TPSA) is 50.7 Å². The van der Waals surface area contributed by atoms with E-state index in [1.165, 1.54) is 5.56 Å². The third kappa shape index (κ3) is 3.41. The van der Waals surface area contributed by atoms with Crippen LogP contribution in [0, 0.1) is 0 Å². The molecule has 0 aliphatic rings. The molecule has 0 amide bonds. The van der Waals surface area contributed by atoms with Crippen LogP contribution in [0.1, 0.15) is 31.7 Å². The summed E-state index contributed by atoms with van der Waals surface area (Å²) in [5.41, 5.74) is 9.33. The summed E-state index contributed by atoms with van der Waals surface area (Å²) >= 11 is 0. The minimum absolute atomic E-state index is 0.579. The fourth-order valence-electron chi connectivity index (χ4n) is 1.80. The lowest BCUT2D eigenvalue weighted by atomic mass is 9.99. The number of benzene rings is 2. The SMILES string of the molecule is CCC(C)c1ccc(N=Nc2ccccc2N)cc1. The zero-order valence-corrected chi connectivity index (χ0v) is 11.4.